The van der Waals surface area contributed by atoms with Crippen molar-refractivity contribution in [3.8, 4) is 0 Å². The highest BCUT2D eigenvalue weighted by Crippen LogP contribution is 2.15. The first-order valence-electron chi connectivity index (χ1n) is 4.21. The fraction of sp³-hybridized carbons (Fsp3) is 0.778. The Balaban J connectivity index is 0.000000371. The van der Waals surface area contributed by atoms with E-state index in [-0.39, 0.29) is 0 Å². The maximum absolute atomic E-state index is 5.73. The fourth-order valence-corrected chi connectivity index (χ4v) is 0.971. The second kappa shape index (κ2) is 5.48. The van der Waals surface area contributed by atoms with Gasteiger partial charge >= 0.3 is 0 Å². The first-order chi connectivity index (χ1) is 4.80. The van der Waals surface area contributed by atoms with Crippen LogP contribution in [0.4, 0.5) is 0 Å². The van der Waals surface area contributed by atoms with Crippen LogP contribution >= 0.6 is 0 Å². The second-order valence-corrected chi connectivity index (χ2v) is 2.58. The van der Waals surface area contributed by atoms with E-state index in [1.54, 1.807) is 0 Å². The van der Waals surface area contributed by atoms with Crippen LogP contribution < -0.4 is 5.73 Å². The lowest BCUT2D eigenvalue weighted by molar-refractivity contribution is 0.446. The molecule has 1 heteroatoms. The Kier molecular flexibility index (Phi) is 5.32. The molecule has 0 radical (unpaired) electrons. The van der Waals surface area contributed by atoms with Gasteiger partial charge in [0.1, 0.15) is 0 Å². The molecule has 2 N–H and O–H groups in total. The zero-order chi connectivity index (χ0) is 7.98. The lowest BCUT2D eigenvalue weighted by Gasteiger charge is -2.19. The molecule has 0 heterocycles. The van der Waals surface area contributed by atoms with Crippen molar-refractivity contribution in [1.82, 2.24) is 0 Å². The normalized spacial score (nSPS) is 30.8. The van der Waals surface area contributed by atoms with E-state index >= 15 is 0 Å². The van der Waals surface area contributed by atoms with Gasteiger partial charge in [-0.05, 0) is 18.8 Å². The van der Waals surface area contributed by atoms with Gasteiger partial charge in [0.05, 0.1) is 0 Å². The van der Waals surface area contributed by atoms with Crippen molar-refractivity contribution in [2.24, 2.45) is 11.7 Å². The predicted octanol–water partition coefficient (Wildman–Crippen LogP) is 2.33. The van der Waals surface area contributed by atoms with E-state index in [1.807, 2.05) is 13.8 Å². The molecule has 10 heavy (non-hydrogen) atoms. The van der Waals surface area contributed by atoms with Crippen molar-refractivity contribution in [2.45, 2.75) is 39.7 Å². The zero-order valence-corrected chi connectivity index (χ0v) is 7.30. The maximum Gasteiger partial charge on any atom is 0.0102 e. The second-order valence-electron chi connectivity index (χ2n) is 2.58. The van der Waals surface area contributed by atoms with Crippen molar-refractivity contribution in [3.05, 3.63) is 12.2 Å². The molecule has 60 valence electrons. The van der Waals surface area contributed by atoms with Gasteiger partial charge in [-0.25, -0.2) is 0 Å². The maximum atomic E-state index is 5.73. The molecule has 0 aromatic rings. The van der Waals surface area contributed by atoms with E-state index in [9.17, 15) is 0 Å². The Bertz CT molecular complexity index is 84.9. The number of hydrogen-bond acceptors (Lipinski definition) is 1. The minimum atomic E-state index is 0.417. The highest BCUT2D eigenvalue weighted by molar-refractivity contribution is 4.94. The molecule has 1 aliphatic carbocycles. The van der Waals surface area contributed by atoms with Crippen molar-refractivity contribution >= 4 is 0 Å². The van der Waals surface area contributed by atoms with Gasteiger partial charge in [0, 0.05) is 6.04 Å². The lowest BCUT2D eigenvalue weighted by Crippen LogP contribution is -2.28. The fourth-order valence-electron chi connectivity index (χ4n) is 0.971. The minimum absolute atomic E-state index is 0.417. The average molecular weight is 141 g/mol. The average Bonchev–Trinajstić information content (AvgIpc) is 2.00. The summed E-state index contributed by atoms with van der Waals surface area (Å²) in [7, 11) is 0. The molecule has 2 unspecified atom stereocenters. The third-order valence-electron chi connectivity index (χ3n) is 1.81. The van der Waals surface area contributed by atoms with Crippen LogP contribution in [0.5, 0.6) is 0 Å². The SMILES string of the molecule is CC.CC1CC=CCC1N. The Labute approximate surface area is 64.3 Å². The van der Waals surface area contributed by atoms with Crippen molar-refractivity contribution < 1.29 is 0 Å². The van der Waals surface area contributed by atoms with Crippen molar-refractivity contribution in [1.29, 1.82) is 0 Å². The third-order valence-corrected chi connectivity index (χ3v) is 1.81. The molecule has 0 saturated carbocycles. The van der Waals surface area contributed by atoms with Crippen LogP contribution in [-0.2, 0) is 0 Å². The summed E-state index contributed by atoms with van der Waals surface area (Å²) in [5.74, 6) is 0.694. The van der Waals surface area contributed by atoms with Crippen LogP contribution in [0, 0.1) is 5.92 Å². The summed E-state index contributed by atoms with van der Waals surface area (Å²) < 4.78 is 0. The summed E-state index contributed by atoms with van der Waals surface area (Å²) in [5.41, 5.74) is 5.73. The standard InChI is InChI=1S/C7H13N.C2H6/c1-6-4-2-3-5-7(6)8;1-2/h2-3,6-7H,4-5,8H2,1H3;1-2H3. The van der Waals surface area contributed by atoms with E-state index in [0.29, 0.717) is 12.0 Å². The van der Waals surface area contributed by atoms with Crippen LogP contribution in [0.15, 0.2) is 12.2 Å². The van der Waals surface area contributed by atoms with Crippen LogP contribution in [0.2, 0.25) is 0 Å². The van der Waals surface area contributed by atoms with E-state index in [2.05, 4.69) is 19.1 Å². The van der Waals surface area contributed by atoms with Crippen molar-refractivity contribution in [3.63, 3.8) is 0 Å². The smallest absolute Gasteiger partial charge is 0.0102 e. The first-order valence-corrected chi connectivity index (χ1v) is 4.21. The quantitative estimate of drug-likeness (QED) is 0.515. The molecule has 0 spiro atoms. The van der Waals surface area contributed by atoms with Crippen LogP contribution in [0.1, 0.15) is 33.6 Å². The summed E-state index contributed by atoms with van der Waals surface area (Å²) >= 11 is 0. The molecular formula is C9H19N. The van der Waals surface area contributed by atoms with Gasteiger partial charge in [0.2, 0.25) is 0 Å². The summed E-state index contributed by atoms with van der Waals surface area (Å²) in [5, 5.41) is 0. The molecule has 1 rings (SSSR count). The van der Waals surface area contributed by atoms with Gasteiger partial charge in [-0.2, -0.15) is 0 Å². The van der Waals surface area contributed by atoms with Crippen LogP contribution in [0.25, 0.3) is 0 Å². The molecule has 0 fully saturated rings. The number of hydrogen-bond donors (Lipinski definition) is 1. The van der Waals surface area contributed by atoms with Gasteiger partial charge in [-0.3, -0.25) is 0 Å². The first kappa shape index (κ1) is 9.70. The Morgan fingerprint density at radius 3 is 2.00 bits per heavy atom. The minimum Gasteiger partial charge on any atom is -0.327 e. The highest BCUT2D eigenvalue weighted by atomic mass is 14.6. The third kappa shape index (κ3) is 3.02. The van der Waals surface area contributed by atoms with E-state index in [1.165, 1.54) is 6.42 Å². The number of nitrogens with two attached hydrogens (primary N) is 1. The molecule has 0 aromatic heterocycles. The van der Waals surface area contributed by atoms with Gasteiger partial charge in [0.15, 0.2) is 0 Å². The molecule has 2 atom stereocenters. The molecule has 0 aliphatic heterocycles. The Morgan fingerprint density at radius 2 is 1.70 bits per heavy atom. The summed E-state index contributed by atoms with van der Waals surface area (Å²) in [6, 6.07) is 0.417. The molecular weight excluding hydrogens is 122 g/mol. The van der Waals surface area contributed by atoms with E-state index in [4.69, 9.17) is 5.73 Å². The monoisotopic (exact) mass is 141 g/mol. The number of allylic oxidation sites excluding steroid dienone is 1. The van der Waals surface area contributed by atoms with Gasteiger partial charge < -0.3 is 5.73 Å². The molecule has 1 nitrogen and oxygen atoms in total. The molecule has 0 bridgehead atoms. The largest absolute Gasteiger partial charge is 0.327 e. The van der Waals surface area contributed by atoms with E-state index in [0.717, 1.165) is 6.42 Å². The summed E-state index contributed by atoms with van der Waals surface area (Å²) in [4.78, 5) is 0. The Hall–Kier alpha value is -0.300. The van der Waals surface area contributed by atoms with Crippen LogP contribution in [0.3, 0.4) is 0 Å². The zero-order valence-electron chi connectivity index (χ0n) is 7.30. The lowest BCUT2D eigenvalue weighted by atomic mass is 9.92. The molecule has 0 aromatic carbocycles. The molecule has 0 saturated heterocycles. The Morgan fingerprint density at radius 1 is 1.20 bits per heavy atom. The van der Waals surface area contributed by atoms with Gasteiger partial charge in [-0.15, -0.1) is 0 Å². The van der Waals surface area contributed by atoms with Gasteiger partial charge in [0.25, 0.3) is 0 Å². The van der Waals surface area contributed by atoms with Gasteiger partial charge in [-0.1, -0.05) is 32.9 Å². The number of rotatable bonds is 0. The predicted molar refractivity (Wildman–Crippen MR) is 46.9 cm³/mol. The topological polar surface area (TPSA) is 26.0 Å². The summed E-state index contributed by atoms with van der Waals surface area (Å²) in [6.45, 7) is 6.20. The van der Waals surface area contributed by atoms with E-state index < -0.39 is 0 Å². The highest BCUT2D eigenvalue weighted by Gasteiger charge is 2.11. The van der Waals surface area contributed by atoms with Crippen molar-refractivity contribution in [2.75, 3.05) is 0 Å². The summed E-state index contributed by atoms with van der Waals surface area (Å²) in [6.07, 6.45) is 6.63. The molecule has 1 aliphatic rings. The van der Waals surface area contributed by atoms with Crippen LogP contribution in [-0.4, -0.2) is 6.04 Å². The molecule has 0 amide bonds.